The van der Waals surface area contributed by atoms with Crippen LogP contribution in [0, 0.1) is 0 Å². The molecule has 5 heteroatoms. The first-order valence-electron chi connectivity index (χ1n) is 7.62. The lowest BCUT2D eigenvalue weighted by molar-refractivity contribution is 0.133. The van der Waals surface area contributed by atoms with Crippen molar-refractivity contribution in [2.45, 2.75) is 19.4 Å². The Morgan fingerprint density at radius 1 is 1.29 bits per heavy atom. The lowest BCUT2D eigenvalue weighted by Crippen LogP contribution is -2.45. The van der Waals surface area contributed by atoms with Gasteiger partial charge in [0.15, 0.2) is 0 Å². The normalized spacial score (nSPS) is 18.7. The van der Waals surface area contributed by atoms with E-state index in [4.69, 9.17) is 10.5 Å². The molecule has 21 heavy (non-hydrogen) atoms. The Kier molecular flexibility index (Phi) is 6.48. The molecule has 118 valence electrons. The molecule has 0 bridgehead atoms. The van der Waals surface area contributed by atoms with Crippen molar-refractivity contribution in [2.24, 2.45) is 5.73 Å². The molecular formula is C16H26BrN3O. The zero-order valence-electron chi connectivity index (χ0n) is 13.0. The largest absolute Gasteiger partial charge is 0.491 e. The van der Waals surface area contributed by atoms with Crippen molar-refractivity contribution in [1.82, 2.24) is 9.80 Å². The van der Waals surface area contributed by atoms with Crippen LogP contribution in [-0.4, -0.2) is 62.2 Å². The number of ether oxygens (including phenoxy) is 1. The Bertz CT molecular complexity index is 445. The van der Waals surface area contributed by atoms with E-state index >= 15 is 0 Å². The standard InChI is InChI=1S/C16H26BrN3O/c1-13(18)11-14-3-4-16(15(17)12-14)21-10-9-20-7-5-19(2)6-8-20/h3-4,12-13H,5-11,18H2,1-2H3. The number of nitrogens with zero attached hydrogens (tertiary/aromatic N) is 2. The molecule has 0 aliphatic carbocycles. The number of rotatable bonds is 6. The first-order valence-corrected chi connectivity index (χ1v) is 8.41. The molecule has 1 atom stereocenters. The third-order valence-electron chi connectivity index (χ3n) is 3.81. The Labute approximate surface area is 136 Å². The van der Waals surface area contributed by atoms with Gasteiger partial charge < -0.3 is 15.4 Å². The number of benzene rings is 1. The summed E-state index contributed by atoms with van der Waals surface area (Å²) >= 11 is 3.59. The van der Waals surface area contributed by atoms with Crippen LogP contribution in [0.3, 0.4) is 0 Å². The summed E-state index contributed by atoms with van der Waals surface area (Å²) in [5.41, 5.74) is 7.07. The van der Waals surface area contributed by atoms with E-state index in [1.165, 1.54) is 5.56 Å². The van der Waals surface area contributed by atoms with Gasteiger partial charge in [-0.2, -0.15) is 0 Å². The van der Waals surface area contributed by atoms with Gasteiger partial charge in [-0.25, -0.2) is 0 Å². The van der Waals surface area contributed by atoms with E-state index < -0.39 is 0 Å². The highest BCUT2D eigenvalue weighted by molar-refractivity contribution is 9.10. The van der Waals surface area contributed by atoms with E-state index in [2.05, 4.69) is 44.9 Å². The number of hydrogen-bond donors (Lipinski definition) is 1. The van der Waals surface area contributed by atoms with Gasteiger partial charge in [0.2, 0.25) is 0 Å². The topological polar surface area (TPSA) is 41.7 Å². The van der Waals surface area contributed by atoms with Crippen LogP contribution in [-0.2, 0) is 6.42 Å². The van der Waals surface area contributed by atoms with Crippen LogP contribution < -0.4 is 10.5 Å². The van der Waals surface area contributed by atoms with Crippen molar-refractivity contribution in [3.8, 4) is 5.75 Å². The Balaban J connectivity index is 1.78. The number of likely N-dealkylation sites (N-methyl/N-ethyl adjacent to an activating group) is 1. The molecule has 1 aromatic carbocycles. The molecular weight excluding hydrogens is 330 g/mol. The molecule has 1 aliphatic rings. The zero-order chi connectivity index (χ0) is 15.2. The molecule has 1 heterocycles. The van der Waals surface area contributed by atoms with Crippen molar-refractivity contribution in [2.75, 3.05) is 46.4 Å². The van der Waals surface area contributed by atoms with Gasteiger partial charge >= 0.3 is 0 Å². The van der Waals surface area contributed by atoms with Gasteiger partial charge in [0.1, 0.15) is 12.4 Å². The van der Waals surface area contributed by atoms with Crippen LogP contribution in [0.15, 0.2) is 22.7 Å². The van der Waals surface area contributed by atoms with Crippen molar-refractivity contribution >= 4 is 15.9 Å². The maximum Gasteiger partial charge on any atom is 0.133 e. The maximum atomic E-state index is 5.89. The highest BCUT2D eigenvalue weighted by Crippen LogP contribution is 2.26. The van der Waals surface area contributed by atoms with Crippen LogP contribution in [0.5, 0.6) is 5.75 Å². The molecule has 2 N–H and O–H groups in total. The minimum absolute atomic E-state index is 0.181. The van der Waals surface area contributed by atoms with E-state index in [0.717, 1.165) is 56.0 Å². The molecule has 1 aromatic rings. The number of hydrogen-bond acceptors (Lipinski definition) is 4. The molecule has 1 aliphatic heterocycles. The van der Waals surface area contributed by atoms with Crippen LogP contribution in [0.2, 0.25) is 0 Å². The Morgan fingerprint density at radius 2 is 2.00 bits per heavy atom. The smallest absolute Gasteiger partial charge is 0.133 e. The predicted octanol–water partition coefficient (Wildman–Crippen LogP) is 1.97. The average molecular weight is 356 g/mol. The quantitative estimate of drug-likeness (QED) is 0.846. The van der Waals surface area contributed by atoms with Gasteiger partial charge in [-0.1, -0.05) is 6.07 Å². The number of piperazine rings is 1. The summed E-state index contributed by atoms with van der Waals surface area (Å²) in [6, 6.07) is 6.42. The molecule has 0 saturated carbocycles. The van der Waals surface area contributed by atoms with E-state index in [-0.39, 0.29) is 6.04 Å². The molecule has 2 rings (SSSR count). The third-order valence-corrected chi connectivity index (χ3v) is 4.43. The average Bonchev–Trinajstić information content (AvgIpc) is 2.43. The summed E-state index contributed by atoms with van der Waals surface area (Å²) in [5, 5.41) is 0. The van der Waals surface area contributed by atoms with Gasteiger partial charge in [-0.15, -0.1) is 0 Å². The molecule has 4 nitrogen and oxygen atoms in total. The fraction of sp³-hybridized carbons (Fsp3) is 0.625. The predicted molar refractivity (Wildman–Crippen MR) is 90.9 cm³/mol. The molecule has 0 aromatic heterocycles. The van der Waals surface area contributed by atoms with Crippen LogP contribution in [0.4, 0.5) is 0 Å². The lowest BCUT2D eigenvalue weighted by atomic mass is 10.1. The highest BCUT2D eigenvalue weighted by atomic mass is 79.9. The second kappa shape index (κ2) is 8.13. The fourth-order valence-electron chi connectivity index (χ4n) is 2.52. The van der Waals surface area contributed by atoms with Crippen molar-refractivity contribution in [3.05, 3.63) is 28.2 Å². The third kappa shape index (κ3) is 5.58. The summed E-state index contributed by atoms with van der Waals surface area (Å²) in [6.45, 7) is 8.30. The Hall–Kier alpha value is -0.620. The van der Waals surface area contributed by atoms with E-state index in [9.17, 15) is 0 Å². The molecule has 0 amide bonds. The monoisotopic (exact) mass is 355 g/mol. The number of nitrogens with two attached hydrogens (primary N) is 1. The Morgan fingerprint density at radius 3 is 2.62 bits per heavy atom. The van der Waals surface area contributed by atoms with Crippen LogP contribution in [0.25, 0.3) is 0 Å². The van der Waals surface area contributed by atoms with Gasteiger partial charge in [-0.3, -0.25) is 4.90 Å². The second-order valence-corrected chi connectivity index (χ2v) is 6.79. The van der Waals surface area contributed by atoms with Crippen LogP contribution >= 0.6 is 15.9 Å². The van der Waals surface area contributed by atoms with E-state index in [1.54, 1.807) is 0 Å². The molecule has 0 spiro atoms. The first kappa shape index (κ1) is 16.7. The van der Waals surface area contributed by atoms with E-state index in [0.29, 0.717) is 0 Å². The SMILES string of the molecule is CC(N)Cc1ccc(OCCN2CCN(C)CC2)c(Br)c1. The van der Waals surface area contributed by atoms with Crippen LogP contribution in [0.1, 0.15) is 12.5 Å². The summed E-state index contributed by atoms with van der Waals surface area (Å²) in [7, 11) is 2.18. The maximum absolute atomic E-state index is 5.89. The van der Waals surface area contributed by atoms with Crippen molar-refractivity contribution < 1.29 is 4.74 Å². The molecule has 1 unspecified atom stereocenters. The van der Waals surface area contributed by atoms with E-state index in [1.807, 2.05) is 13.0 Å². The summed E-state index contributed by atoms with van der Waals surface area (Å²) in [5.74, 6) is 0.914. The summed E-state index contributed by atoms with van der Waals surface area (Å²) in [6.07, 6.45) is 0.889. The zero-order valence-corrected chi connectivity index (χ0v) is 14.6. The minimum Gasteiger partial charge on any atom is -0.491 e. The van der Waals surface area contributed by atoms with Crippen molar-refractivity contribution in [1.29, 1.82) is 0 Å². The minimum atomic E-state index is 0.181. The van der Waals surface area contributed by atoms with Gasteiger partial charge in [0.05, 0.1) is 4.47 Å². The lowest BCUT2D eigenvalue weighted by Gasteiger charge is -2.32. The molecule has 1 fully saturated rings. The van der Waals surface area contributed by atoms with Gasteiger partial charge in [-0.05, 0) is 54.0 Å². The fourth-order valence-corrected chi connectivity index (χ4v) is 3.06. The van der Waals surface area contributed by atoms with Gasteiger partial charge in [0.25, 0.3) is 0 Å². The second-order valence-electron chi connectivity index (χ2n) is 5.94. The highest BCUT2D eigenvalue weighted by Gasteiger charge is 2.13. The van der Waals surface area contributed by atoms with Crippen molar-refractivity contribution in [3.63, 3.8) is 0 Å². The number of halogens is 1. The molecule has 0 radical (unpaired) electrons. The van der Waals surface area contributed by atoms with Gasteiger partial charge in [0, 0.05) is 38.8 Å². The summed E-state index contributed by atoms with van der Waals surface area (Å²) < 4.78 is 6.91. The summed E-state index contributed by atoms with van der Waals surface area (Å²) in [4.78, 5) is 4.82. The molecule has 1 saturated heterocycles. The first-order chi connectivity index (χ1) is 10.0.